The van der Waals surface area contributed by atoms with Gasteiger partial charge in [0, 0.05) is 18.2 Å². The molecular formula is C22H21F3N4O5. The van der Waals surface area contributed by atoms with Crippen molar-refractivity contribution in [1.29, 1.82) is 0 Å². The standard InChI is InChI=1S/C22H21F3N4O5/c1-3-13-4-5-17(16(23)10-13)28-21-15(22(32)29-34-9-7-30)11-14(19(24)20(21)25)12-27-33-8-6-18(31)26-2/h1,4-5,10-12,28,30H,6-9H2,2H3,(H,26,31)(H,29,32)/b27-12+. The number of benzene rings is 2. The van der Waals surface area contributed by atoms with Gasteiger partial charge in [0.25, 0.3) is 5.91 Å². The van der Waals surface area contributed by atoms with E-state index in [2.05, 4.69) is 21.7 Å². The van der Waals surface area contributed by atoms with Gasteiger partial charge in [0.15, 0.2) is 11.6 Å². The fraction of sp³-hybridized carbons (Fsp3) is 0.227. The summed E-state index contributed by atoms with van der Waals surface area (Å²) in [4.78, 5) is 33.2. The highest BCUT2D eigenvalue weighted by Crippen LogP contribution is 2.30. The molecule has 0 radical (unpaired) electrons. The largest absolute Gasteiger partial charge is 0.395 e. The van der Waals surface area contributed by atoms with Crippen molar-refractivity contribution in [3.63, 3.8) is 0 Å². The van der Waals surface area contributed by atoms with Crippen LogP contribution in [-0.2, 0) is 14.5 Å². The number of terminal acetylenes is 1. The molecule has 0 spiro atoms. The van der Waals surface area contributed by atoms with Crippen LogP contribution in [0.1, 0.15) is 27.9 Å². The lowest BCUT2D eigenvalue weighted by Crippen LogP contribution is -2.26. The van der Waals surface area contributed by atoms with Crippen molar-refractivity contribution in [2.45, 2.75) is 6.42 Å². The second-order valence-corrected chi connectivity index (χ2v) is 6.47. The van der Waals surface area contributed by atoms with Crippen molar-refractivity contribution < 1.29 is 37.5 Å². The number of nitrogens with zero attached hydrogens (tertiary/aromatic N) is 1. The zero-order valence-corrected chi connectivity index (χ0v) is 18.0. The fourth-order valence-corrected chi connectivity index (χ4v) is 2.51. The van der Waals surface area contributed by atoms with Crippen molar-refractivity contribution in [2.75, 3.05) is 32.2 Å². The SMILES string of the molecule is C#Cc1ccc(Nc2c(C(=O)NOCCO)cc(/C=N/OCCC(=O)NC)c(F)c2F)c(F)c1. The minimum absolute atomic E-state index is 0.0204. The predicted molar refractivity (Wildman–Crippen MR) is 117 cm³/mol. The fourth-order valence-electron chi connectivity index (χ4n) is 2.51. The lowest BCUT2D eigenvalue weighted by atomic mass is 10.1. The maximum Gasteiger partial charge on any atom is 0.277 e. The van der Waals surface area contributed by atoms with Crippen LogP contribution in [0.25, 0.3) is 0 Å². The molecule has 0 aromatic heterocycles. The Morgan fingerprint density at radius 3 is 2.62 bits per heavy atom. The molecule has 0 atom stereocenters. The summed E-state index contributed by atoms with van der Waals surface area (Å²) < 4.78 is 44.0. The van der Waals surface area contributed by atoms with E-state index in [1.807, 2.05) is 5.48 Å². The Morgan fingerprint density at radius 2 is 1.97 bits per heavy atom. The Bertz CT molecular complexity index is 1120. The number of carbonyl (C=O) groups excluding carboxylic acids is 2. The molecule has 0 heterocycles. The minimum Gasteiger partial charge on any atom is -0.395 e. The van der Waals surface area contributed by atoms with Crippen LogP contribution >= 0.6 is 0 Å². The first-order chi connectivity index (χ1) is 16.3. The summed E-state index contributed by atoms with van der Waals surface area (Å²) in [7, 11) is 1.44. The van der Waals surface area contributed by atoms with Gasteiger partial charge in [-0.05, 0) is 24.3 Å². The molecule has 180 valence electrons. The van der Waals surface area contributed by atoms with E-state index >= 15 is 0 Å². The average molecular weight is 478 g/mol. The monoisotopic (exact) mass is 478 g/mol. The second-order valence-electron chi connectivity index (χ2n) is 6.47. The lowest BCUT2D eigenvalue weighted by molar-refractivity contribution is -0.121. The Kier molecular flexibility index (Phi) is 9.88. The molecule has 0 aliphatic carbocycles. The number of amides is 2. The van der Waals surface area contributed by atoms with Crippen molar-refractivity contribution in [3.05, 3.63) is 58.4 Å². The number of aliphatic hydroxyl groups is 1. The van der Waals surface area contributed by atoms with E-state index in [1.54, 1.807) is 0 Å². The third-order valence-corrected chi connectivity index (χ3v) is 4.20. The molecule has 9 nitrogen and oxygen atoms in total. The van der Waals surface area contributed by atoms with Gasteiger partial charge in [-0.1, -0.05) is 11.1 Å². The normalized spacial score (nSPS) is 10.6. The topological polar surface area (TPSA) is 121 Å². The molecule has 12 heteroatoms. The van der Waals surface area contributed by atoms with Crippen molar-refractivity contribution >= 4 is 29.4 Å². The Hall–Kier alpha value is -4.08. The van der Waals surface area contributed by atoms with Crippen LogP contribution in [-0.4, -0.2) is 50.0 Å². The average Bonchev–Trinajstić information content (AvgIpc) is 2.83. The Balaban J connectivity index is 2.39. The summed E-state index contributed by atoms with van der Waals surface area (Å²) in [6, 6.07) is 4.48. The van der Waals surface area contributed by atoms with Gasteiger partial charge in [0.05, 0.1) is 42.8 Å². The van der Waals surface area contributed by atoms with Crippen LogP contribution in [0.4, 0.5) is 24.5 Å². The molecule has 0 aliphatic heterocycles. The van der Waals surface area contributed by atoms with Crippen LogP contribution in [0.2, 0.25) is 0 Å². The van der Waals surface area contributed by atoms with Crippen LogP contribution in [0.15, 0.2) is 29.4 Å². The number of rotatable bonds is 11. The van der Waals surface area contributed by atoms with Gasteiger partial charge in [-0.25, -0.2) is 18.7 Å². The number of hydrogen-bond acceptors (Lipinski definition) is 7. The third kappa shape index (κ3) is 6.96. The highest BCUT2D eigenvalue weighted by atomic mass is 19.2. The van der Waals surface area contributed by atoms with E-state index < -0.39 is 46.8 Å². The number of halogens is 3. The van der Waals surface area contributed by atoms with Crippen molar-refractivity contribution in [3.8, 4) is 12.3 Å². The smallest absolute Gasteiger partial charge is 0.277 e. The number of oxime groups is 1. The molecule has 2 amide bonds. The van der Waals surface area contributed by atoms with E-state index in [0.29, 0.717) is 0 Å². The molecule has 4 N–H and O–H groups in total. The van der Waals surface area contributed by atoms with Crippen LogP contribution in [0.5, 0.6) is 0 Å². The molecule has 0 saturated heterocycles. The van der Waals surface area contributed by atoms with Gasteiger partial charge in [-0.2, -0.15) is 0 Å². The maximum atomic E-state index is 15.0. The van der Waals surface area contributed by atoms with E-state index in [0.717, 1.165) is 18.3 Å². The molecule has 2 aromatic carbocycles. The van der Waals surface area contributed by atoms with Gasteiger partial charge in [0.2, 0.25) is 5.91 Å². The zero-order valence-electron chi connectivity index (χ0n) is 18.0. The molecule has 0 saturated carbocycles. The van der Waals surface area contributed by atoms with Gasteiger partial charge in [-0.15, -0.1) is 6.42 Å². The molecule has 0 bridgehead atoms. The number of anilines is 2. The summed E-state index contributed by atoms with van der Waals surface area (Å²) in [6.45, 7) is -0.815. The molecule has 0 fully saturated rings. The highest BCUT2D eigenvalue weighted by molar-refractivity contribution is 6.01. The summed E-state index contributed by atoms with van der Waals surface area (Å²) in [5.74, 6) is -2.89. The third-order valence-electron chi connectivity index (χ3n) is 4.20. The molecule has 0 aliphatic rings. The lowest BCUT2D eigenvalue weighted by Gasteiger charge is -2.15. The number of carbonyl (C=O) groups is 2. The van der Waals surface area contributed by atoms with Gasteiger partial charge in [0.1, 0.15) is 12.4 Å². The van der Waals surface area contributed by atoms with E-state index in [4.69, 9.17) is 21.2 Å². The Morgan fingerprint density at radius 1 is 1.21 bits per heavy atom. The van der Waals surface area contributed by atoms with E-state index in [9.17, 15) is 22.8 Å². The number of aliphatic hydroxyl groups excluding tert-OH is 1. The van der Waals surface area contributed by atoms with Crippen molar-refractivity contribution in [1.82, 2.24) is 10.8 Å². The number of hydroxylamine groups is 1. The summed E-state index contributed by atoms with van der Waals surface area (Å²) >= 11 is 0. The first-order valence-corrected chi connectivity index (χ1v) is 9.76. The van der Waals surface area contributed by atoms with Gasteiger partial charge >= 0.3 is 0 Å². The molecular weight excluding hydrogens is 457 g/mol. The molecule has 0 unspecified atom stereocenters. The van der Waals surface area contributed by atoms with E-state index in [1.165, 1.54) is 19.2 Å². The summed E-state index contributed by atoms with van der Waals surface area (Å²) in [6.07, 6.45) is 6.00. The van der Waals surface area contributed by atoms with Crippen LogP contribution < -0.4 is 16.1 Å². The predicted octanol–water partition coefficient (Wildman–Crippen LogP) is 1.97. The summed E-state index contributed by atoms with van der Waals surface area (Å²) in [5.41, 5.74) is 0.270. The van der Waals surface area contributed by atoms with Gasteiger partial charge < -0.3 is 20.6 Å². The first-order valence-electron chi connectivity index (χ1n) is 9.76. The van der Waals surface area contributed by atoms with Crippen LogP contribution in [0, 0.1) is 29.8 Å². The van der Waals surface area contributed by atoms with Crippen LogP contribution in [0.3, 0.4) is 0 Å². The maximum absolute atomic E-state index is 15.0. The summed E-state index contributed by atoms with van der Waals surface area (Å²) in [5, 5.41) is 17.0. The molecule has 34 heavy (non-hydrogen) atoms. The zero-order chi connectivity index (χ0) is 25.1. The quantitative estimate of drug-likeness (QED) is 0.170. The van der Waals surface area contributed by atoms with Gasteiger partial charge in [-0.3, -0.25) is 14.4 Å². The second kappa shape index (κ2) is 12.8. The van der Waals surface area contributed by atoms with Crippen molar-refractivity contribution in [2.24, 2.45) is 5.16 Å². The Labute approximate surface area is 192 Å². The first kappa shape index (κ1) is 26.2. The highest BCUT2D eigenvalue weighted by Gasteiger charge is 2.23. The minimum atomic E-state index is -1.51. The number of hydrogen-bond donors (Lipinski definition) is 4. The van der Waals surface area contributed by atoms with E-state index in [-0.39, 0.29) is 36.8 Å². The number of nitrogens with one attached hydrogen (secondary N) is 3. The molecule has 2 rings (SSSR count). The molecule has 2 aromatic rings.